The van der Waals surface area contributed by atoms with Crippen LogP contribution in [0.5, 0.6) is 5.75 Å². The summed E-state index contributed by atoms with van der Waals surface area (Å²) in [5.41, 5.74) is 6.84. The van der Waals surface area contributed by atoms with Gasteiger partial charge in [-0.05, 0) is 101 Å². The van der Waals surface area contributed by atoms with Crippen molar-refractivity contribution in [3.63, 3.8) is 0 Å². The minimum atomic E-state index is -0.0454. The summed E-state index contributed by atoms with van der Waals surface area (Å²) < 4.78 is 6.21. The Balaban J connectivity index is 1.34. The van der Waals surface area contributed by atoms with Crippen LogP contribution >= 0.6 is 0 Å². The van der Waals surface area contributed by atoms with Crippen molar-refractivity contribution in [1.82, 2.24) is 0 Å². The van der Waals surface area contributed by atoms with Crippen molar-refractivity contribution in [2.24, 2.45) is 0 Å². The van der Waals surface area contributed by atoms with E-state index in [0.717, 1.165) is 38.6 Å². The summed E-state index contributed by atoms with van der Waals surface area (Å²) in [6, 6.07) is 54.3. The van der Waals surface area contributed by atoms with Crippen LogP contribution in [0.15, 0.2) is 152 Å². The molecule has 0 fully saturated rings. The number of hydrogen-bond acceptors (Lipinski definition) is 2. The van der Waals surface area contributed by atoms with E-state index < -0.39 is 0 Å². The first kappa shape index (κ1) is 26.2. The summed E-state index contributed by atoms with van der Waals surface area (Å²) in [7, 11) is 0. The van der Waals surface area contributed by atoms with Gasteiger partial charge < -0.3 is 9.84 Å². The van der Waals surface area contributed by atoms with Gasteiger partial charge in [0.1, 0.15) is 12.4 Å². The maximum absolute atomic E-state index is 9.67. The second-order valence-electron chi connectivity index (χ2n) is 11.3. The van der Waals surface area contributed by atoms with E-state index in [1.54, 1.807) is 0 Å². The first-order chi connectivity index (χ1) is 21.7. The van der Waals surface area contributed by atoms with E-state index in [4.69, 9.17) is 4.74 Å². The third kappa shape index (κ3) is 4.66. The van der Waals surface area contributed by atoms with Crippen LogP contribution in [0.2, 0.25) is 0 Å². The molecule has 0 saturated carbocycles. The van der Waals surface area contributed by atoms with Crippen LogP contribution in [0, 0.1) is 0 Å². The van der Waals surface area contributed by atoms with E-state index in [2.05, 4.69) is 146 Å². The van der Waals surface area contributed by atoms with Gasteiger partial charge in [-0.1, -0.05) is 121 Å². The Bertz CT molecular complexity index is 2330. The Hall–Kier alpha value is -5.44. The van der Waals surface area contributed by atoms with Gasteiger partial charge >= 0.3 is 0 Å². The first-order valence-electron chi connectivity index (χ1n) is 15.1. The molecule has 0 aliphatic heterocycles. The molecule has 0 aliphatic rings. The number of ether oxygens (including phenoxy) is 1. The van der Waals surface area contributed by atoms with E-state index in [1.807, 2.05) is 6.07 Å². The number of aliphatic hydroxyl groups excluding tert-OH is 1. The van der Waals surface area contributed by atoms with E-state index in [-0.39, 0.29) is 13.2 Å². The predicted octanol–water partition coefficient (Wildman–Crippen LogP) is 10.7. The molecule has 0 amide bonds. The molecule has 0 saturated heterocycles. The molecule has 44 heavy (non-hydrogen) atoms. The molecule has 0 aromatic heterocycles. The minimum absolute atomic E-state index is 0.0454. The van der Waals surface area contributed by atoms with Crippen LogP contribution in [0.3, 0.4) is 0 Å². The highest BCUT2D eigenvalue weighted by Crippen LogP contribution is 2.43. The van der Waals surface area contributed by atoms with Crippen LogP contribution in [0.25, 0.3) is 76.5 Å². The highest BCUT2D eigenvalue weighted by Gasteiger charge is 2.16. The zero-order valence-corrected chi connectivity index (χ0v) is 24.2. The number of hydrogen-bond donors (Lipinski definition) is 1. The molecule has 8 aromatic rings. The average Bonchev–Trinajstić information content (AvgIpc) is 3.09. The molecule has 0 aliphatic carbocycles. The van der Waals surface area contributed by atoms with Crippen molar-refractivity contribution in [1.29, 1.82) is 0 Å². The van der Waals surface area contributed by atoms with Crippen LogP contribution < -0.4 is 4.74 Å². The molecule has 1 N–H and O–H groups in total. The van der Waals surface area contributed by atoms with E-state index in [1.165, 1.54) is 43.6 Å². The quantitative estimate of drug-likeness (QED) is 0.217. The van der Waals surface area contributed by atoms with Crippen molar-refractivity contribution in [3.8, 4) is 39.1 Å². The van der Waals surface area contributed by atoms with Crippen molar-refractivity contribution >= 4 is 43.1 Å². The Morgan fingerprint density at radius 3 is 1.50 bits per heavy atom. The second-order valence-corrected chi connectivity index (χ2v) is 11.3. The Labute approximate surface area is 256 Å². The molecule has 2 heteroatoms. The summed E-state index contributed by atoms with van der Waals surface area (Å²) in [4.78, 5) is 0. The lowest BCUT2D eigenvalue weighted by molar-refractivity contribution is 0.202. The lowest BCUT2D eigenvalue weighted by Crippen LogP contribution is -2.03. The molecule has 8 aromatic carbocycles. The fraction of sp³-hybridized carbons (Fsp3) is 0.0476. The molecule has 0 atom stereocenters. The van der Waals surface area contributed by atoms with Gasteiger partial charge in [-0.2, -0.15) is 0 Å². The number of rotatable bonds is 6. The van der Waals surface area contributed by atoms with Crippen molar-refractivity contribution in [2.75, 3.05) is 13.2 Å². The standard InChI is InChI=1S/C42H30O2/c43-22-23-44-41-21-20-31-15-19-37(35-17-13-29-7-2-4-9-33(29)25-35)27-40(31)42(41)38-11-5-10-30-14-18-36(26-39(30)38)34-16-12-28-6-1-3-8-32(28)24-34/h1-21,24-27,43H,22-23H2. The zero-order chi connectivity index (χ0) is 29.5. The topological polar surface area (TPSA) is 29.5 Å². The fourth-order valence-corrected chi connectivity index (χ4v) is 6.44. The van der Waals surface area contributed by atoms with Gasteiger partial charge in [0.05, 0.1) is 6.61 Å². The molecule has 2 nitrogen and oxygen atoms in total. The van der Waals surface area contributed by atoms with Crippen molar-refractivity contribution < 1.29 is 9.84 Å². The average molecular weight is 567 g/mol. The summed E-state index contributed by atoms with van der Waals surface area (Å²) in [5.74, 6) is 0.769. The molecule has 0 heterocycles. The smallest absolute Gasteiger partial charge is 0.127 e. The molecular formula is C42H30O2. The SMILES string of the molecule is OCCOc1ccc2ccc(-c3ccc4ccccc4c3)cc2c1-c1cccc2ccc(-c3ccc4ccccc4c3)cc12. The van der Waals surface area contributed by atoms with Gasteiger partial charge in [-0.3, -0.25) is 0 Å². The molecule has 0 bridgehead atoms. The summed E-state index contributed by atoms with van der Waals surface area (Å²) >= 11 is 0. The molecule has 0 spiro atoms. The number of aliphatic hydroxyl groups is 1. The van der Waals surface area contributed by atoms with Gasteiger partial charge in [0, 0.05) is 5.56 Å². The van der Waals surface area contributed by atoms with Gasteiger partial charge in [-0.15, -0.1) is 0 Å². The second kappa shape index (κ2) is 11.0. The molecule has 210 valence electrons. The Morgan fingerprint density at radius 2 is 0.886 bits per heavy atom. The van der Waals surface area contributed by atoms with E-state index >= 15 is 0 Å². The predicted molar refractivity (Wildman–Crippen MR) is 185 cm³/mol. The summed E-state index contributed by atoms with van der Waals surface area (Å²) in [5, 5.41) is 19.2. The lowest BCUT2D eigenvalue weighted by atomic mass is 9.90. The third-order valence-corrected chi connectivity index (χ3v) is 8.65. The molecule has 0 radical (unpaired) electrons. The van der Waals surface area contributed by atoms with E-state index in [0.29, 0.717) is 0 Å². The van der Waals surface area contributed by atoms with E-state index in [9.17, 15) is 5.11 Å². The lowest BCUT2D eigenvalue weighted by Gasteiger charge is -2.17. The van der Waals surface area contributed by atoms with Gasteiger partial charge in [-0.25, -0.2) is 0 Å². The largest absolute Gasteiger partial charge is 0.491 e. The number of benzene rings is 8. The van der Waals surface area contributed by atoms with Crippen molar-refractivity contribution in [3.05, 3.63) is 152 Å². The fourth-order valence-electron chi connectivity index (χ4n) is 6.44. The summed E-state index contributed by atoms with van der Waals surface area (Å²) in [6.45, 7) is 0.187. The molecular weight excluding hydrogens is 536 g/mol. The van der Waals surface area contributed by atoms with Gasteiger partial charge in [0.25, 0.3) is 0 Å². The highest BCUT2D eigenvalue weighted by molar-refractivity contribution is 6.09. The highest BCUT2D eigenvalue weighted by atomic mass is 16.5. The minimum Gasteiger partial charge on any atom is -0.491 e. The number of fused-ring (bicyclic) bond motifs is 4. The Morgan fingerprint density at radius 1 is 0.409 bits per heavy atom. The van der Waals surface area contributed by atoms with Crippen LogP contribution in [-0.4, -0.2) is 18.3 Å². The molecule has 0 unspecified atom stereocenters. The normalized spacial score (nSPS) is 11.5. The third-order valence-electron chi connectivity index (χ3n) is 8.65. The summed E-state index contributed by atoms with van der Waals surface area (Å²) in [6.07, 6.45) is 0. The van der Waals surface area contributed by atoms with Crippen LogP contribution in [0.4, 0.5) is 0 Å². The first-order valence-corrected chi connectivity index (χ1v) is 15.1. The maximum atomic E-state index is 9.67. The van der Waals surface area contributed by atoms with Crippen LogP contribution in [-0.2, 0) is 0 Å². The van der Waals surface area contributed by atoms with Crippen LogP contribution in [0.1, 0.15) is 0 Å². The van der Waals surface area contributed by atoms with Gasteiger partial charge in [0.2, 0.25) is 0 Å². The maximum Gasteiger partial charge on any atom is 0.127 e. The van der Waals surface area contributed by atoms with Crippen molar-refractivity contribution in [2.45, 2.75) is 0 Å². The Kier molecular flexibility index (Phi) is 6.55. The molecule has 8 rings (SSSR count). The zero-order valence-electron chi connectivity index (χ0n) is 24.2. The monoisotopic (exact) mass is 566 g/mol. The van der Waals surface area contributed by atoms with Gasteiger partial charge in [0.15, 0.2) is 0 Å².